The van der Waals surface area contributed by atoms with Gasteiger partial charge in [-0.05, 0) is 54.5 Å². The number of piperidine rings is 1. The van der Waals surface area contributed by atoms with Gasteiger partial charge in [0.05, 0.1) is 9.90 Å². The summed E-state index contributed by atoms with van der Waals surface area (Å²) in [4.78, 5) is 6.89. The highest BCUT2D eigenvalue weighted by molar-refractivity contribution is 7.89. The van der Waals surface area contributed by atoms with Crippen LogP contribution in [0.2, 0.25) is 0 Å². The van der Waals surface area contributed by atoms with Crippen LogP contribution in [0.3, 0.4) is 0 Å². The van der Waals surface area contributed by atoms with Gasteiger partial charge in [-0.1, -0.05) is 12.1 Å². The summed E-state index contributed by atoms with van der Waals surface area (Å²) in [5.74, 6) is 0.802. The number of benzene rings is 1. The maximum atomic E-state index is 11.3. The number of hydrogen-bond donors (Lipinski definition) is 3. The van der Waals surface area contributed by atoms with Crippen LogP contribution in [-0.2, 0) is 16.4 Å². The fraction of sp³-hybridized carbons (Fsp3) is 0.421. The van der Waals surface area contributed by atoms with Crippen molar-refractivity contribution in [3.8, 4) is 0 Å². The van der Waals surface area contributed by atoms with Crippen molar-refractivity contribution in [2.45, 2.75) is 30.2 Å². The van der Waals surface area contributed by atoms with Crippen LogP contribution in [0, 0.1) is 0 Å². The fourth-order valence-corrected chi connectivity index (χ4v) is 4.55. The highest BCUT2D eigenvalue weighted by Crippen LogP contribution is 2.24. The topological polar surface area (TPSA) is 99.8 Å². The van der Waals surface area contributed by atoms with Crippen LogP contribution in [0.25, 0.3) is 0 Å². The Morgan fingerprint density at radius 2 is 1.96 bits per heavy atom. The normalized spacial score (nSPS) is 16.2. The van der Waals surface area contributed by atoms with Crippen molar-refractivity contribution in [2.75, 3.05) is 31.6 Å². The molecule has 0 amide bonds. The van der Waals surface area contributed by atoms with E-state index in [1.807, 2.05) is 0 Å². The molecule has 0 spiro atoms. The molecule has 0 radical (unpaired) electrons. The van der Waals surface area contributed by atoms with E-state index in [2.05, 4.69) is 38.0 Å². The van der Waals surface area contributed by atoms with Crippen molar-refractivity contribution in [2.24, 2.45) is 10.1 Å². The van der Waals surface area contributed by atoms with Gasteiger partial charge in [0.15, 0.2) is 5.96 Å². The molecular weight excluding hydrogens is 394 g/mol. The van der Waals surface area contributed by atoms with Gasteiger partial charge in [-0.15, -0.1) is 11.3 Å². The van der Waals surface area contributed by atoms with E-state index >= 15 is 0 Å². The lowest BCUT2D eigenvalue weighted by molar-refractivity contribution is 0.463. The predicted octanol–water partition coefficient (Wildman–Crippen LogP) is 1.77. The maximum Gasteiger partial charge on any atom is 0.238 e. The van der Waals surface area contributed by atoms with Crippen LogP contribution in [0.4, 0.5) is 5.00 Å². The Hall–Kier alpha value is -2.10. The molecule has 1 fully saturated rings. The number of sulfonamides is 1. The molecule has 0 aliphatic carbocycles. The van der Waals surface area contributed by atoms with Crippen molar-refractivity contribution in [1.29, 1.82) is 0 Å². The van der Waals surface area contributed by atoms with E-state index in [0.717, 1.165) is 43.9 Å². The van der Waals surface area contributed by atoms with Crippen molar-refractivity contribution in [3.63, 3.8) is 0 Å². The fourth-order valence-electron chi connectivity index (χ4n) is 3.25. The SMILES string of the molecule is CN=C(NCCc1ccc(S(N)(=O)=O)cc1)NC1CCN(c2cccs2)CC1. The van der Waals surface area contributed by atoms with Gasteiger partial charge >= 0.3 is 0 Å². The summed E-state index contributed by atoms with van der Waals surface area (Å²) in [6.45, 7) is 2.81. The zero-order valence-corrected chi connectivity index (χ0v) is 17.6. The van der Waals surface area contributed by atoms with Crippen LogP contribution in [-0.4, -0.2) is 47.1 Å². The molecule has 0 unspecified atom stereocenters. The first-order valence-corrected chi connectivity index (χ1v) is 11.8. The molecule has 0 saturated carbocycles. The number of nitrogens with two attached hydrogens (primary N) is 1. The smallest absolute Gasteiger partial charge is 0.238 e. The molecular formula is C19H27N5O2S2. The average molecular weight is 422 g/mol. The van der Waals surface area contributed by atoms with Crippen LogP contribution < -0.4 is 20.7 Å². The first-order chi connectivity index (χ1) is 13.5. The van der Waals surface area contributed by atoms with Crippen molar-refractivity contribution >= 4 is 32.3 Å². The summed E-state index contributed by atoms with van der Waals surface area (Å²) in [5, 5.41) is 15.4. The molecule has 1 saturated heterocycles. The third-order valence-corrected chi connectivity index (χ3v) is 6.69. The lowest BCUT2D eigenvalue weighted by Crippen LogP contribution is -2.49. The predicted molar refractivity (Wildman–Crippen MR) is 116 cm³/mol. The Labute approximate surface area is 170 Å². The quantitative estimate of drug-likeness (QED) is 0.488. The summed E-state index contributed by atoms with van der Waals surface area (Å²) in [6, 6.07) is 11.3. The van der Waals surface area contributed by atoms with E-state index in [0.29, 0.717) is 12.6 Å². The third-order valence-electron chi connectivity index (χ3n) is 4.84. The summed E-state index contributed by atoms with van der Waals surface area (Å²) < 4.78 is 22.6. The number of anilines is 1. The molecule has 1 aromatic heterocycles. The van der Waals surface area contributed by atoms with Crippen LogP contribution in [0.1, 0.15) is 18.4 Å². The second-order valence-electron chi connectivity index (χ2n) is 6.79. The van der Waals surface area contributed by atoms with Gasteiger partial charge in [-0.2, -0.15) is 0 Å². The number of primary sulfonamides is 1. The highest BCUT2D eigenvalue weighted by atomic mass is 32.2. The van der Waals surface area contributed by atoms with E-state index in [-0.39, 0.29) is 4.90 Å². The second-order valence-corrected chi connectivity index (χ2v) is 9.28. The standard InChI is InChI=1S/C19H27N5O2S2/c1-21-19(22-11-8-15-4-6-17(7-5-15)28(20,25)26)23-16-9-12-24(13-10-16)18-3-2-14-27-18/h2-7,14,16H,8-13H2,1H3,(H2,20,25,26)(H2,21,22,23). The van der Waals surface area contributed by atoms with Crippen LogP contribution in [0.15, 0.2) is 51.7 Å². The zero-order valence-electron chi connectivity index (χ0n) is 16.0. The lowest BCUT2D eigenvalue weighted by atomic mass is 10.1. The number of rotatable bonds is 6. The van der Waals surface area contributed by atoms with E-state index in [9.17, 15) is 8.42 Å². The van der Waals surface area contributed by atoms with Gasteiger partial charge in [-0.25, -0.2) is 13.6 Å². The Morgan fingerprint density at radius 1 is 1.25 bits per heavy atom. The average Bonchev–Trinajstić information content (AvgIpc) is 3.22. The summed E-state index contributed by atoms with van der Waals surface area (Å²) in [5.41, 5.74) is 1.04. The zero-order chi connectivity index (χ0) is 20.0. The van der Waals surface area contributed by atoms with Crippen molar-refractivity contribution < 1.29 is 8.42 Å². The molecule has 1 aliphatic rings. The Kier molecular flexibility index (Phi) is 6.93. The van der Waals surface area contributed by atoms with Crippen molar-refractivity contribution in [3.05, 3.63) is 47.3 Å². The maximum absolute atomic E-state index is 11.3. The molecule has 7 nitrogen and oxygen atoms in total. The van der Waals surface area contributed by atoms with Gasteiger partial charge in [0.1, 0.15) is 0 Å². The number of nitrogens with one attached hydrogen (secondary N) is 2. The summed E-state index contributed by atoms with van der Waals surface area (Å²) in [7, 11) is -1.87. The van der Waals surface area contributed by atoms with Crippen LogP contribution >= 0.6 is 11.3 Å². The minimum Gasteiger partial charge on any atom is -0.363 e. The van der Waals surface area contributed by atoms with Crippen molar-refractivity contribution in [1.82, 2.24) is 10.6 Å². The van der Waals surface area contributed by atoms with E-state index in [1.54, 1.807) is 42.6 Å². The van der Waals surface area contributed by atoms with Gasteiger partial charge in [0.25, 0.3) is 0 Å². The van der Waals surface area contributed by atoms with Gasteiger partial charge in [0, 0.05) is 32.7 Å². The minimum absolute atomic E-state index is 0.135. The van der Waals surface area contributed by atoms with E-state index in [1.165, 1.54) is 5.00 Å². The molecule has 0 bridgehead atoms. The number of aliphatic imine (C=N–C) groups is 1. The van der Waals surface area contributed by atoms with Gasteiger partial charge in [-0.3, -0.25) is 4.99 Å². The molecule has 2 aromatic rings. The Bertz CT molecular complexity index is 872. The largest absolute Gasteiger partial charge is 0.363 e. The van der Waals surface area contributed by atoms with E-state index in [4.69, 9.17) is 5.14 Å². The summed E-state index contributed by atoms with van der Waals surface area (Å²) >= 11 is 1.79. The first-order valence-electron chi connectivity index (χ1n) is 9.33. The number of nitrogens with zero attached hydrogens (tertiary/aromatic N) is 2. The molecule has 28 heavy (non-hydrogen) atoms. The van der Waals surface area contributed by atoms with Crippen LogP contribution in [0.5, 0.6) is 0 Å². The molecule has 3 rings (SSSR count). The number of thiophene rings is 1. The molecule has 152 valence electrons. The van der Waals surface area contributed by atoms with Gasteiger partial charge < -0.3 is 15.5 Å². The Balaban J connectivity index is 1.41. The second kappa shape index (κ2) is 9.40. The Morgan fingerprint density at radius 3 is 2.54 bits per heavy atom. The number of guanidine groups is 1. The molecule has 2 heterocycles. The molecule has 9 heteroatoms. The van der Waals surface area contributed by atoms with Gasteiger partial charge in [0.2, 0.25) is 10.0 Å². The molecule has 4 N–H and O–H groups in total. The lowest BCUT2D eigenvalue weighted by Gasteiger charge is -2.33. The summed E-state index contributed by atoms with van der Waals surface area (Å²) in [6.07, 6.45) is 2.92. The first kappa shape index (κ1) is 20.6. The monoisotopic (exact) mass is 421 g/mol. The molecule has 1 aliphatic heterocycles. The minimum atomic E-state index is -3.64. The third kappa shape index (κ3) is 5.70. The highest BCUT2D eigenvalue weighted by Gasteiger charge is 2.20. The number of hydrogen-bond acceptors (Lipinski definition) is 5. The molecule has 0 atom stereocenters. The molecule has 1 aromatic carbocycles. The van der Waals surface area contributed by atoms with E-state index < -0.39 is 10.0 Å².